The van der Waals surface area contributed by atoms with Crippen molar-refractivity contribution in [3.63, 3.8) is 0 Å². The Bertz CT molecular complexity index is 993. The van der Waals surface area contributed by atoms with E-state index in [4.69, 9.17) is 9.26 Å². The van der Waals surface area contributed by atoms with Crippen molar-refractivity contribution >= 4 is 17.1 Å². The molecule has 8 nitrogen and oxygen atoms in total. The molecule has 0 bridgehead atoms. The number of likely N-dealkylation sites (tertiary alicyclic amines) is 1. The van der Waals surface area contributed by atoms with Crippen molar-refractivity contribution in [3.8, 4) is 0 Å². The van der Waals surface area contributed by atoms with E-state index in [2.05, 4.69) is 15.1 Å². The number of imidazole rings is 1. The van der Waals surface area contributed by atoms with Crippen LogP contribution in [0.25, 0.3) is 11.2 Å². The van der Waals surface area contributed by atoms with E-state index in [0.717, 1.165) is 22.9 Å². The number of amides is 1. The van der Waals surface area contributed by atoms with E-state index in [0.29, 0.717) is 30.6 Å². The third-order valence-corrected chi connectivity index (χ3v) is 5.32. The fourth-order valence-corrected chi connectivity index (χ4v) is 3.77. The Balaban J connectivity index is 1.58. The summed E-state index contributed by atoms with van der Waals surface area (Å²) in [5.41, 5.74) is 2.80. The standard InChI is InChI=1S/C19H23N5O3/c1-11-7-14(27-22-11)8-13-9-24(10-16(13)26-4)19(25)15-5-6-20-18-17(15)21-12(2)23(18)3/h5-7,13,16H,8-10H2,1-4H3/t13-,16-/m1/s1. The molecule has 1 fully saturated rings. The Morgan fingerprint density at radius 1 is 1.37 bits per heavy atom. The van der Waals surface area contributed by atoms with Crippen LogP contribution in [0.5, 0.6) is 0 Å². The highest BCUT2D eigenvalue weighted by Gasteiger charge is 2.37. The van der Waals surface area contributed by atoms with Gasteiger partial charge in [0.1, 0.15) is 17.1 Å². The maximum atomic E-state index is 13.2. The number of ether oxygens (including phenoxy) is 1. The fraction of sp³-hybridized carbons (Fsp3) is 0.474. The summed E-state index contributed by atoms with van der Waals surface area (Å²) in [5, 5.41) is 3.94. The molecule has 4 heterocycles. The average Bonchev–Trinajstić information content (AvgIpc) is 3.33. The summed E-state index contributed by atoms with van der Waals surface area (Å²) < 4.78 is 12.9. The van der Waals surface area contributed by atoms with E-state index in [-0.39, 0.29) is 17.9 Å². The van der Waals surface area contributed by atoms with E-state index in [1.807, 2.05) is 36.4 Å². The van der Waals surface area contributed by atoms with Gasteiger partial charge in [-0.15, -0.1) is 0 Å². The smallest absolute Gasteiger partial charge is 0.256 e. The molecule has 27 heavy (non-hydrogen) atoms. The van der Waals surface area contributed by atoms with Crippen molar-refractivity contribution in [2.75, 3.05) is 20.2 Å². The lowest BCUT2D eigenvalue weighted by Gasteiger charge is -2.16. The molecule has 0 saturated carbocycles. The van der Waals surface area contributed by atoms with Gasteiger partial charge in [-0.3, -0.25) is 4.79 Å². The molecule has 1 aliphatic rings. The van der Waals surface area contributed by atoms with Gasteiger partial charge in [0.05, 0.1) is 17.4 Å². The molecule has 0 aliphatic carbocycles. The Hall–Kier alpha value is -2.74. The lowest BCUT2D eigenvalue weighted by Crippen LogP contribution is -2.30. The third-order valence-electron chi connectivity index (χ3n) is 5.32. The number of hydrogen-bond acceptors (Lipinski definition) is 6. The van der Waals surface area contributed by atoms with Gasteiger partial charge in [0.15, 0.2) is 5.65 Å². The van der Waals surface area contributed by atoms with Crippen molar-refractivity contribution < 1.29 is 14.1 Å². The number of hydrogen-bond donors (Lipinski definition) is 0. The van der Waals surface area contributed by atoms with Crippen LogP contribution in [0.2, 0.25) is 0 Å². The van der Waals surface area contributed by atoms with E-state index in [9.17, 15) is 4.79 Å². The minimum atomic E-state index is -0.0428. The molecule has 142 valence electrons. The number of nitrogens with zero attached hydrogens (tertiary/aromatic N) is 5. The molecule has 1 saturated heterocycles. The number of aryl methyl sites for hydroxylation is 3. The third kappa shape index (κ3) is 3.10. The van der Waals surface area contributed by atoms with Crippen LogP contribution in [-0.2, 0) is 18.2 Å². The molecule has 0 unspecified atom stereocenters. The van der Waals surface area contributed by atoms with Crippen LogP contribution in [0.1, 0.15) is 27.6 Å². The summed E-state index contributed by atoms with van der Waals surface area (Å²) >= 11 is 0. The molecule has 3 aromatic heterocycles. The summed E-state index contributed by atoms with van der Waals surface area (Å²) in [7, 11) is 3.59. The zero-order valence-corrected chi connectivity index (χ0v) is 16.0. The predicted octanol–water partition coefficient (Wildman–Crippen LogP) is 1.90. The van der Waals surface area contributed by atoms with E-state index in [1.165, 1.54) is 0 Å². The molecular formula is C19H23N5O3. The molecule has 0 spiro atoms. The number of methoxy groups -OCH3 is 1. The van der Waals surface area contributed by atoms with Gasteiger partial charge < -0.3 is 18.7 Å². The maximum absolute atomic E-state index is 13.2. The topological polar surface area (TPSA) is 86.3 Å². The van der Waals surface area contributed by atoms with Crippen LogP contribution in [-0.4, -0.2) is 56.8 Å². The molecule has 0 radical (unpaired) electrons. The van der Waals surface area contributed by atoms with Crippen molar-refractivity contribution in [1.29, 1.82) is 0 Å². The second-order valence-corrected chi connectivity index (χ2v) is 7.13. The van der Waals surface area contributed by atoms with Gasteiger partial charge in [0, 0.05) is 51.8 Å². The molecular weight excluding hydrogens is 346 g/mol. The number of rotatable bonds is 4. The van der Waals surface area contributed by atoms with Crippen LogP contribution in [0.3, 0.4) is 0 Å². The first kappa shape index (κ1) is 17.7. The van der Waals surface area contributed by atoms with Gasteiger partial charge in [0.25, 0.3) is 5.91 Å². The lowest BCUT2D eigenvalue weighted by atomic mass is 10.0. The van der Waals surface area contributed by atoms with Gasteiger partial charge in [-0.05, 0) is 19.9 Å². The van der Waals surface area contributed by atoms with Crippen molar-refractivity contribution in [1.82, 2.24) is 24.6 Å². The van der Waals surface area contributed by atoms with Crippen LogP contribution < -0.4 is 0 Å². The zero-order valence-electron chi connectivity index (χ0n) is 16.0. The average molecular weight is 369 g/mol. The Labute approximate surface area is 157 Å². The van der Waals surface area contributed by atoms with Crippen LogP contribution in [0.4, 0.5) is 0 Å². The predicted molar refractivity (Wildman–Crippen MR) is 98.4 cm³/mol. The first-order valence-corrected chi connectivity index (χ1v) is 9.00. The summed E-state index contributed by atoms with van der Waals surface area (Å²) in [6.07, 6.45) is 2.31. The SMILES string of the molecule is CO[C@@H]1CN(C(=O)c2ccnc3c2nc(C)n3C)C[C@H]1Cc1cc(C)no1. The number of carbonyl (C=O) groups is 1. The minimum Gasteiger partial charge on any atom is -0.379 e. The molecule has 0 aromatic carbocycles. The second-order valence-electron chi connectivity index (χ2n) is 7.13. The van der Waals surface area contributed by atoms with Crippen LogP contribution in [0.15, 0.2) is 22.9 Å². The van der Waals surface area contributed by atoms with Gasteiger partial charge >= 0.3 is 0 Å². The van der Waals surface area contributed by atoms with E-state index >= 15 is 0 Å². The Morgan fingerprint density at radius 2 is 2.19 bits per heavy atom. The first-order chi connectivity index (χ1) is 13.0. The normalized spacial score (nSPS) is 19.9. The number of carbonyl (C=O) groups excluding carboxylic acids is 1. The molecule has 1 amide bonds. The minimum absolute atomic E-state index is 0.0397. The lowest BCUT2D eigenvalue weighted by molar-refractivity contribution is 0.0673. The largest absolute Gasteiger partial charge is 0.379 e. The van der Waals surface area contributed by atoms with Gasteiger partial charge in [-0.1, -0.05) is 5.16 Å². The van der Waals surface area contributed by atoms with E-state index in [1.54, 1.807) is 19.4 Å². The van der Waals surface area contributed by atoms with Crippen LogP contribution in [0, 0.1) is 19.8 Å². The van der Waals surface area contributed by atoms with Crippen molar-refractivity contribution in [2.24, 2.45) is 13.0 Å². The summed E-state index contributed by atoms with van der Waals surface area (Å²) in [6.45, 7) is 4.95. The number of aromatic nitrogens is 4. The maximum Gasteiger partial charge on any atom is 0.256 e. The molecule has 1 aliphatic heterocycles. The molecule has 3 aromatic rings. The molecule has 0 N–H and O–H groups in total. The quantitative estimate of drug-likeness (QED) is 0.698. The van der Waals surface area contributed by atoms with E-state index < -0.39 is 0 Å². The highest BCUT2D eigenvalue weighted by Crippen LogP contribution is 2.27. The zero-order chi connectivity index (χ0) is 19.1. The molecule has 8 heteroatoms. The Morgan fingerprint density at radius 3 is 2.89 bits per heavy atom. The number of pyridine rings is 1. The highest BCUT2D eigenvalue weighted by molar-refractivity contribution is 6.04. The first-order valence-electron chi connectivity index (χ1n) is 9.00. The molecule has 4 rings (SSSR count). The Kier molecular flexibility index (Phi) is 4.43. The summed E-state index contributed by atoms with van der Waals surface area (Å²) in [4.78, 5) is 23.9. The second kappa shape index (κ2) is 6.77. The van der Waals surface area contributed by atoms with Crippen molar-refractivity contribution in [3.05, 3.63) is 41.2 Å². The monoisotopic (exact) mass is 369 g/mol. The van der Waals surface area contributed by atoms with Gasteiger partial charge in [-0.2, -0.15) is 0 Å². The fourth-order valence-electron chi connectivity index (χ4n) is 3.77. The van der Waals surface area contributed by atoms with Crippen LogP contribution >= 0.6 is 0 Å². The van der Waals surface area contributed by atoms with Gasteiger partial charge in [0.2, 0.25) is 0 Å². The number of fused-ring (bicyclic) bond motifs is 1. The summed E-state index contributed by atoms with van der Waals surface area (Å²) in [5.74, 6) is 1.76. The highest BCUT2D eigenvalue weighted by atomic mass is 16.5. The van der Waals surface area contributed by atoms with Gasteiger partial charge in [-0.25, -0.2) is 9.97 Å². The van der Waals surface area contributed by atoms with Crippen molar-refractivity contribution in [2.45, 2.75) is 26.4 Å². The summed E-state index contributed by atoms with van der Waals surface area (Å²) in [6, 6.07) is 3.67. The molecule has 2 atom stereocenters.